The average molecular weight is 1050 g/mol. The number of hydrogen-bond donors (Lipinski definition) is 1. The van der Waals surface area contributed by atoms with E-state index in [9.17, 15) is 13.6 Å². The molecular weight excluding hydrogens is 1010 g/mol. The maximum atomic E-state index is 14.0. The van der Waals surface area contributed by atoms with Gasteiger partial charge < -0.3 is 19.1 Å². The largest absolute Gasteiger partial charge is 0.501 e. The number of carboxylic acid groups (broad SMARTS) is 1. The first kappa shape index (κ1) is 45.7. The van der Waals surface area contributed by atoms with E-state index in [0.29, 0.717) is 16.9 Å². The van der Waals surface area contributed by atoms with Gasteiger partial charge in [-0.15, -0.1) is 30.3 Å². The van der Waals surface area contributed by atoms with Crippen molar-refractivity contribution in [1.82, 2.24) is 19.5 Å². The molecular formula is C56H46F2IrN4O3-2. The second kappa shape index (κ2) is 18.2. The number of aromatic nitrogens is 4. The smallest absolute Gasteiger partial charge is 0.292 e. The Morgan fingerprint density at radius 1 is 0.758 bits per heavy atom. The molecule has 0 amide bonds. The van der Waals surface area contributed by atoms with Crippen molar-refractivity contribution in [2.75, 3.05) is 0 Å². The summed E-state index contributed by atoms with van der Waals surface area (Å²) in [5, 5.41) is 11.8. The second-order valence-corrected chi connectivity index (χ2v) is 17.9. The number of furan rings is 1. The van der Waals surface area contributed by atoms with Crippen molar-refractivity contribution in [3.8, 4) is 39.5 Å². The monoisotopic (exact) mass is 1050 g/mol. The van der Waals surface area contributed by atoms with Gasteiger partial charge in [0.05, 0.1) is 22.4 Å². The Hall–Kier alpha value is -6.87. The van der Waals surface area contributed by atoms with Crippen LogP contribution in [0, 0.1) is 23.8 Å². The van der Waals surface area contributed by atoms with Crippen molar-refractivity contribution in [3.63, 3.8) is 0 Å². The van der Waals surface area contributed by atoms with Gasteiger partial charge in [0.2, 0.25) is 0 Å². The first-order valence-corrected chi connectivity index (χ1v) is 21.6. The predicted molar refractivity (Wildman–Crippen MR) is 256 cm³/mol. The van der Waals surface area contributed by atoms with Gasteiger partial charge in [-0.05, 0) is 86.7 Å². The van der Waals surface area contributed by atoms with E-state index in [4.69, 9.17) is 19.5 Å². The third-order valence-corrected chi connectivity index (χ3v) is 11.8. The van der Waals surface area contributed by atoms with Gasteiger partial charge in [-0.1, -0.05) is 144 Å². The zero-order chi connectivity index (χ0) is 45.7. The van der Waals surface area contributed by atoms with Gasteiger partial charge in [0.15, 0.2) is 5.65 Å². The molecule has 0 saturated heterocycles. The number of carboxylic acids is 1. The van der Waals surface area contributed by atoms with Gasteiger partial charge >= 0.3 is 0 Å². The molecule has 10 heteroatoms. The number of pyridine rings is 2. The first-order valence-electron chi connectivity index (χ1n) is 21.6. The third-order valence-electron chi connectivity index (χ3n) is 11.8. The summed E-state index contributed by atoms with van der Waals surface area (Å²) in [6.07, 6.45) is 1.70. The quantitative estimate of drug-likeness (QED) is 0.160. The summed E-state index contributed by atoms with van der Waals surface area (Å²) in [5.41, 5.74) is 11.5. The molecule has 333 valence electrons. The minimum Gasteiger partial charge on any atom is -0.501 e. The molecule has 7 nitrogen and oxygen atoms in total. The zero-order valence-corrected chi connectivity index (χ0v) is 39.9. The number of rotatable bonds is 7. The molecule has 0 unspecified atom stereocenters. The average Bonchev–Trinajstić information content (AvgIpc) is 3.85. The van der Waals surface area contributed by atoms with Crippen LogP contribution in [0.4, 0.5) is 8.78 Å². The number of imidazole rings is 1. The number of nitrogens with zero attached hydrogens (tertiary/aromatic N) is 4. The number of hydrogen-bond acceptors (Lipinski definition) is 5. The summed E-state index contributed by atoms with van der Waals surface area (Å²) in [6.45, 7) is 15.1. The first-order chi connectivity index (χ1) is 31.2. The van der Waals surface area contributed by atoms with Crippen molar-refractivity contribution in [3.05, 3.63) is 180 Å². The number of benzene rings is 6. The summed E-state index contributed by atoms with van der Waals surface area (Å²) in [7, 11) is 0. The molecule has 1 radical (unpaired) electrons. The molecule has 0 aliphatic carbocycles. The van der Waals surface area contributed by atoms with Crippen LogP contribution in [0.5, 0.6) is 0 Å². The van der Waals surface area contributed by atoms with Crippen molar-refractivity contribution in [2.24, 2.45) is 0 Å². The molecule has 6 aromatic carbocycles. The van der Waals surface area contributed by atoms with Crippen LogP contribution in [-0.4, -0.2) is 30.6 Å². The van der Waals surface area contributed by atoms with Crippen LogP contribution in [0.15, 0.2) is 138 Å². The molecule has 1 N–H and O–H groups in total. The van der Waals surface area contributed by atoms with Gasteiger partial charge in [-0.3, -0.25) is 14.2 Å². The fraction of sp³-hybridized carbons (Fsp3) is 0.179. The van der Waals surface area contributed by atoms with E-state index < -0.39 is 11.8 Å². The van der Waals surface area contributed by atoms with Crippen molar-refractivity contribution in [2.45, 2.75) is 65.7 Å². The van der Waals surface area contributed by atoms with Crippen LogP contribution in [0.25, 0.3) is 83.5 Å². The maximum absolute atomic E-state index is 14.0. The molecule has 0 atom stereocenters. The summed E-state index contributed by atoms with van der Waals surface area (Å²) in [5.74, 6) is -0.785. The van der Waals surface area contributed by atoms with Crippen LogP contribution >= 0.6 is 0 Å². The summed E-state index contributed by atoms with van der Waals surface area (Å²) < 4.78 is 36.9. The van der Waals surface area contributed by atoms with Gasteiger partial charge in [-0.25, -0.2) is 9.37 Å². The zero-order valence-electron chi connectivity index (χ0n) is 37.5. The molecule has 4 heterocycles. The van der Waals surface area contributed by atoms with Crippen molar-refractivity contribution < 1.29 is 43.2 Å². The van der Waals surface area contributed by atoms with E-state index in [2.05, 4.69) is 100 Å². The summed E-state index contributed by atoms with van der Waals surface area (Å²) in [6, 6.07) is 45.6. The minimum absolute atomic E-state index is 0. The Bertz CT molecular complexity index is 3410. The Morgan fingerprint density at radius 3 is 2.15 bits per heavy atom. The maximum Gasteiger partial charge on any atom is 0.292 e. The van der Waals surface area contributed by atoms with E-state index in [1.807, 2.05) is 60.7 Å². The third kappa shape index (κ3) is 8.66. The molecule has 0 saturated carbocycles. The standard InChI is InChI=1S/C40H31FN3O.C16H15FNO2.Ir/c1-23(2)29-13-8-14-30(24(3)4)37(29)44-35-21-27-10-5-6-17-34(27)42-39(35)43-40(44)33-16-9-15-32-31-19-18-26(22-36(31)45-38(32)33)25-11-7-12-28(41)20-25;1-16(2,3)11-5-7-14(18-9-11)12-6-4-10(15(19)20)8-13(12)17;/h5-15,17-24H,1-4H3;4-5,7-9H,1-3H3,(H,19,20);/q2*-1;. The molecule has 10 aromatic rings. The molecule has 0 aliphatic rings. The number of para-hydroxylation sites is 2. The fourth-order valence-corrected chi connectivity index (χ4v) is 8.30. The predicted octanol–water partition coefficient (Wildman–Crippen LogP) is 14.7. The van der Waals surface area contributed by atoms with Crippen LogP contribution in [0.3, 0.4) is 0 Å². The van der Waals surface area contributed by atoms with E-state index in [1.54, 1.807) is 24.4 Å². The van der Waals surface area contributed by atoms with Crippen LogP contribution in [-0.2, 0) is 25.5 Å². The van der Waals surface area contributed by atoms with Gasteiger partial charge in [0.1, 0.15) is 11.4 Å². The number of aromatic carboxylic acids is 1. The molecule has 66 heavy (non-hydrogen) atoms. The fourth-order valence-electron chi connectivity index (χ4n) is 8.30. The number of fused-ring (bicyclic) bond motifs is 5. The van der Waals surface area contributed by atoms with E-state index in [-0.39, 0.29) is 54.3 Å². The Kier molecular flexibility index (Phi) is 12.6. The van der Waals surface area contributed by atoms with Gasteiger partial charge in [-0.2, -0.15) is 0 Å². The Morgan fingerprint density at radius 2 is 1.48 bits per heavy atom. The second-order valence-electron chi connectivity index (χ2n) is 17.9. The van der Waals surface area contributed by atoms with Crippen LogP contribution < -0.4 is 0 Å². The number of carbonyl (C=O) groups is 1. The molecule has 10 rings (SSSR count). The van der Waals surface area contributed by atoms with E-state index in [0.717, 1.165) is 72.6 Å². The van der Waals surface area contributed by atoms with Gasteiger partial charge in [0.25, 0.3) is 5.97 Å². The van der Waals surface area contributed by atoms with Crippen molar-refractivity contribution in [1.29, 1.82) is 0 Å². The SMILES string of the molecule is CC(C)(C)c1ccc(-c2[c-]cc(C(=O)O)cc2F)nc1.CC(C)c1cccc(C(C)C)c1-n1c(-c2[c-]ccc3c2oc2cc(-c4cccc(F)c4)ccc23)nc2nc3ccccc3cc21.[Ir]. The Balaban J connectivity index is 0.000000238. The molecule has 4 aromatic heterocycles. The molecule has 0 fully saturated rings. The van der Waals surface area contributed by atoms with Gasteiger partial charge in [0, 0.05) is 48.6 Å². The Labute approximate surface area is 395 Å². The molecule has 0 bridgehead atoms. The molecule has 0 spiro atoms. The van der Waals surface area contributed by atoms with Crippen LogP contribution in [0.2, 0.25) is 0 Å². The van der Waals surface area contributed by atoms with E-state index in [1.165, 1.54) is 23.3 Å². The van der Waals surface area contributed by atoms with Crippen LogP contribution in [0.1, 0.15) is 87.4 Å². The summed E-state index contributed by atoms with van der Waals surface area (Å²) in [4.78, 5) is 25.2. The molecule has 0 aliphatic heterocycles. The summed E-state index contributed by atoms with van der Waals surface area (Å²) >= 11 is 0. The van der Waals surface area contributed by atoms with E-state index >= 15 is 0 Å². The van der Waals surface area contributed by atoms with Crippen molar-refractivity contribution >= 4 is 50.0 Å². The number of halogens is 2. The minimum atomic E-state index is -1.18. The topological polar surface area (TPSA) is 94.0 Å². The normalized spacial score (nSPS) is 11.7.